The first kappa shape index (κ1) is 20.4. The first-order valence-electron chi connectivity index (χ1n) is 12.1. The third kappa shape index (κ3) is 5.03. The van der Waals surface area contributed by atoms with Crippen molar-refractivity contribution in [3.05, 3.63) is 35.4 Å². The van der Waals surface area contributed by atoms with Crippen molar-refractivity contribution < 1.29 is 4.74 Å². The number of hydrogen-bond donors (Lipinski definition) is 0. The monoisotopic (exact) mass is 414 g/mol. The van der Waals surface area contributed by atoms with E-state index in [1.807, 2.05) is 0 Å². The summed E-state index contributed by atoms with van der Waals surface area (Å²) in [5, 5.41) is 0. The zero-order chi connectivity index (χ0) is 19.5. The van der Waals surface area contributed by atoms with Gasteiger partial charge in [0.1, 0.15) is 0 Å². The Labute approximate surface area is 181 Å². The van der Waals surface area contributed by atoms with Crippen molar-refractivity contribution in [3.63, 3.8) is 0 Å². The molecule has 0 bridgehead atoms. The second-order valence-electron chi connectivity index (χ2n) is 9.74. The van der Waals surface area contributed by atoms with Crippen molar-refractivity contribution >= 4 is 11.8 Å². The molecule has 3 aliphatic heterocycles. The quantitative estimate of drug-likeness (QED) is 0.691. The number of ether oxygens (including phenoxy) is 1. The van der Waals surface area contributed by atoms with Gasteiger partial charge in [0.25, 0.3) is 0 Å². The Morgan fingerprint density at radius 1 is 0.931 bits per heavy atom. The number of hydrogen-bond acceptors (Lipinski definition) is 4. The number of fused-ring (bicyclic) bond motifs is 1. The van der Waals surface area contributed by atoms with E-state index >= 15 is 0 Å². The van der Waals surface area contributed by atoms with Gasteiger partial charge in [0.15, 0.2) is 0 Å². The Hall–Kier alpha value is -0.550. The lowest BCUT2D eigenvalue weighted by atomic mass is 9.93. The molecule has 1 aromatic carbocycles. The first-order chi connectivity index (χ1) is 14.3. The molecule has 0 aromatic heterocycles. The molecule has 4 aliphatic rings. The Balaban J connectivity index is 1.14. The Bertz CT molecular complexity index is 623. The Kier molecular flexibility index (Phi) is 6.82. The van der Waals surface area contributed by atoms with Crippen LogP contribution in [0.4, 0.5) is 0 Å². The fourth-order valence-electron chi connectivity index (χ4n) is 6.10. The molecule has 5 rings (SSSR count). The van der Waals surface area contributed by atoms with Crippen LogP contribution in [0.15, 0.2) is 24.3 Å². The standard InChI is InChI=1S/C25H38N2OS/c1-2-5-22-17-24(16-21(22)4-1)26-11-7-20(8-12-26)18-27(19-25-6-3-13-28-25)23-9-14-29-15-10-23/h1-2,4-5,20,23-25H,3,6-19H2. The molecule has 1 aromatic rings. The maximum atomic E-state index is 6.02. The van der Waals surface area contributed by atoms with Crippen LogP contribution >= 0.6 is 11.8 Å². The second kappa shape index (κ2) is 9.72. The van der Waals surface area contributed by atoms with E-state index in [9.17, 15) is 0 Å². The normalized spacial score (nSPS) is 27.7. The lowest BCUT2D eigenvalue weighted by Crippen LogP contribution is -2.48. The van der Waals surface area contributed by atoms with Gasteiger partial charge in [-0.15, -0.1) is 0 Å². The van der Waals surface area contributed by atoms with E-state index in [2.05, 4.69) is 45.8 Å². The summed E-state index contributed by atoms with van der Waals surface area (Å²) >= 11 is 2.15. The highest BCUT2D eigenvalue weighted by molar-refractivity contribution is 7.99. The Morgan fingerprint density at radius 2 is 1.66 bits per heavy atom. The molecule has 3 heterocycles. The highest BCUT2D eigenvalue weighted by atomic mass is 32.2. The molecule has 3 fully saturated rings. The van der Waals surface area contributed by atoms with E-state index in [1.54, 1.807) is 11.1 Å². The molecule has 0 amide bonds. The predicted octanol–water partition coefficient (Wildman–Crippen LogP) is 4.24. The van der Waals surface area contributed by atoms with Crippen LogP contribution in [0.1, 0.15) is 49.7 Å². The van der Waals surface area contributed by atoms with Crippen molar-refractivity contribution in [1.29, 1.82) is 0 Å². The minimum absolute atomic E-state index is 0.502. The van der Waals surface area contributed by atoms with E-state index in [1.165, 1.54) is 89.1 Å². The third-order valence-electron chi connectivity index (χ3n) is 7.86. The number of benzene rings is 1. The third-order valence-corrected chi connectivity index (χ3v) is 8.91. The molecule has 1 unspecified atom stereocenters. The van der Waals surface area contributed by atoms with Crippen molar-refractivity contribution in [3.8, 4) is 0 Å². The van der Waals surface area contributed by atoms with E-state index in [0.717, 1.165) is 24.6 Å². The molecule has 3 saturated heterocycles. The number of thioether (sulfide) groups is 1. The van der Waals surface area contributed by atoms with Gasteiger partial charge < -0.3 is 4.74 Å². The van der Waals surface area contributed by atoms with E-state index in [-0.39, 0.29) is 0 Å². The van der Waals surface area contributed by atoms with Gasteiger partial charge in [-0.05, 0) is 93.0 Å². The van der Waals surface area contributed by atoms with Crippen LogP contribution in [-0.4, -0.2) is 72.3 Å². The second-order valence-corrected chi connectivity index (χ2v) is 11.0. The van der Waals surface area contributed by atoms with Crippen LogP contribution in [0.2, 0.25) is 0 Å². The van der Waals surface area contributed by atoms with Crippen LogP contribution in [-0.2, 0) is 17.6 Å². The average Bonchev–Trinajstić information content (AvgIpc) is 3.44. The number of piperidine rings is 1. The van der Waals surface area contributed by atoms with Gasteiger partial charge >= 0.3 is 0 Å². The molecule has 0 radical (unpaired) electrons. The minimum atomic E-state index is 0.502. The van der Waals surface area contributed by atoms with Crippen LogP contribution in [0.3, 0.4) is 0 Å². The molecule has 29 heavy (non-hydrogen) atoms. The maximum Gasteiger partial charge on any atom is 0.0702 e. The molecule has 160 valence electrons. The van der Waals surface area contributed by atoms with Gasteiger partial charge in [-0.25, -0.2) is 0 Å². The van der Waals surface area contributed by atoms with Gasteiger partial charge in [0, 0.05) is 31.8 Å². The van der Waals surface area contributed by atoms with Crippen LogP contribution < -0.4 is 0 Å². The SMILES string of the molecule is c1ccc2c(c1)CC(N1CCC(CN(CC3CCCO3)C3CCSCC3)CC1)C2. The van der Waals surface area contributed by atoms with Crippen molar-refractivity contribution in [2.75, 3.05) is 44.3 Å². The first-order valence-corrected chi connectivity index (χ1v) is 13.2. The lowest BCUT2D eigenvalue weighted by molar-refractivity contribution is 0.0370. The van der Waals surface area contributed by atoms with Crippen molar-refractivity contribution in [2.45, 2.75) is 69.6 Å². The van der Waals surface area contributed by atoms with Gasteiger partial charge in [0.2, 0.25) is 0 Å². The molecule has 0 spiro atoms. The molecule has 1 aliphatic carbocycles. The largest absolute Gasteiger partial charge is 0.377 e. The van der Waals surface area contributed by atoms with E-state index in [4.69, 9.17) is 4.74 Å². The summed E-state index contributed by atoms with van der Waals surface area (Å²) in [6.45, 7) is 6.10. The van der Waals surface area contributed by atoms with Gasteiger partial charge in [-0.2, -0.15) is 11.8 Å². The molecular formula is C25H38N2OS. The molecule has 3 nitrogen and oxygen atoms in total. The summed E-state index contributed by atoms with van der Waals surface area (Å²) in [6, 6.07) is 10.7. The summed E-state index contributed by atoms with van der Waals surface area (Å²) in [5.41, 5.74) is 3.19. The highest BCUT2D eigenvalue weighted by Gasteiger charge is 2.32. The summed E-state index contributed by atoms with van der Waals surface area (Å²) in [6.07, 6.45) is 11.1. The topological polar surface area (TPSA) is 15.7 Å². The summed E-state index contributed by atoms with van der Waals surface area (Å²) in [4.78, 5) is 5.67. The van der Waals surface area contributed by atoms with Crippen molar-refractivity contribution in [2.24, 2.45) is 5.92 Å². The Morgan fingerprint density at radius 3 is 2.31 bits per heavy atom. The molecule has 0 saturated carbocycles. The fourth-order valence-corrected chi connectivity index (χ4v) is 7.18. The zero-order valence-electron chi connectivity index (χ0n) is 17.9. The zero-order valence-corrected chi connectivity index (χ0v) is 18.8. The summed E-state index contributed by atoms with van der Waals surface area (Å²) in [5.74, 6) is 3.59. The molecule has 4 heteroatoms. The number of nitrogens with zero attached hydrogens (tertiary/aromatic N) is 2. The summed E-state index contributed by atoms with van der Waals surface area (Å²) in [7, 11) is 0. The number of likely N-dealkylation sites (tertiary alicyclic amines) is 1. The van der Waals surface area contributed by atoms with Gasteiger partial charge in [-0.1, -0.05) is 24.3 Å². The van der Waals surface area contributed by atoms with Crippen LogP contribution in [0.25, 0.3) is 0 Å². The minimum Gasteiger partial charge on any atom is -0.377 e. The lowest BCUT2D eigenvalue weighted by Gasteiger charge is -2.41. The molecular weight excluding hydrogens is 376 g/mol. The number of rotatable bonds is 6. The fraction of sp³-hybridized carbons (Fsp3) is 0.760. The average molecular weight is 415 g/mol. The maximum absolute atomic E-state index is 6.02. The molecule has 0 N–H and O–H groups in total. The van der Waals surface area contributed by atoms with Crippen LogP contribution in [0.5, 0.6) is 0 Å². The van der Waals surface area contributed by atoms with Gasteiger partial charge in [-0.3, -0.25) is 9.80 Å². The van der Waals surface area contributed by atoms with E-state index < -0.39 is 0 Å². The summed E-state index contributed by atoms with van der Waals surface area (Å²) < 4.78 is 6.02. The van der Waals surface area contributed by atoms with E-state index in [0.29, 0.717) is 6.10 Å². The predicted molar refractivity (Wildman–Crippen MR) is 123 cm³/mol. The van der Waals surface area contributed by atoms with Gasteiger partial charge in [0.05, 0.1) is 6.10 Å². The molecule has 1 atom stereocenters. The van der Waals surface area contributed by atoms with Crippen molar-refractivity contribution in [1.82, 2.24) is 9.80 Å². The highest BCUT2D eigenvalue weighted by Crippen LogP contribution is 2.30. The van der Waals surface area contributed by atoms with Crippen LogP contribution in [0, 0.1) is 5.92 Å². The smallest absolute Gasteiger partial charge is 0.0702 e.